The molecule has 0 bridgehead atoms. The topological polar surface area (TPSA) is 77.0 Å². The highest BCUT2D eigenvalue weighted by molar-refractivity contribution is 5.77. The smallest absolute Gasteiger partial charge is 0.224 e. The van der Waals surface area contributed by atoms with Crippen LogP contribution in [0.1, 0.15) is 42.5 Å². The molecule has 1 saturated heterocycles. The second kappa shape index (κ2) is 7.34. The Morgan fingerprint density at radius 1 is 1.33 bits per heavy atom. The van der Waals surface area contributed by atoms with Gasteiger partial charge < -0.3 is 14.0 Å². The van der Waals surface area contributed by atoms with Gasteiger partial charge in [0.25, 0.3) is 0 Å². The normalized spacial score (nSPS) is 16.8. The van der Waals surface area contributed by atoms with Gasteiger partial charge in [0.2, 0.25) is 5.91 Å². The van der Waals surface area contributed by atoms with Crippen molar-refractivity contribution in [3.8, 4) is 11.1 Å². The van der Waals surface area contributed by atoms with Crippen molar-refractivity contribution in [2.24, 2.45) is 0 Å². The van der Waals surface area contributed by atoms with Gasteiger partial charge in [-0.05, 0) is 32.8 Å². The highest BCUT2D eigenvalue weighted by atomic mass is 16.5. The number of nitrogens with zero attached hydrogens (tertiary/aromatic N) is 5. The minimum Gasteiger partial charge on any atom is -0.361 e. The zero-order valence-electron chi connectivity index (χ0n) is 15.6. The zero-order valence-corrected chi connectivity index (χ0v) is 15.6. The summed E-state index contributed by atoms with van der Waals surface area (Å²) in [5, 5.41) is 4.01. The van der Waals surface area contributed by atoms with Crippen LogP contribution in [0.5, 0.6) is 0 Å². The van der Waals surface area contributed by atoms with Crippen molar-refractivity contribution in [2.75, 3.05) is 6.54 Å². The summed E-state index contributed by atoms with van der Waals surface area (Å²) in [4.78, 5) is 23.4. The lowest BCUT2D eigenvalue weighted by Crippen LogP contribution is -2.31. The van der Waals surface area contributed by atoms with Gasteiger partial charge in [-0.1, -0.05) is 11.2 Å². The van der Waals surface area contributed by atoms with Gasteiger partial charge in [0.1, 0.15) is 5.76 Å². The Hall–Kier alpha value is -2.96. The molecule has 7 nitrogen and oxygen atoms in total. The SMILES string of the molecule is Cc1noc(C)c1-c1ccc(C2CCCN2C(=O)CCn2ccnc2)nc1. The molecule has 1 aliphatic rings. The quantitative estimate of drug-likeness (QED) is 0.693. The van der Waals surface area contributed by atoms with Crippen LogP contribution in [0.3, 0.4) is 0 Å². The Kier molecular flexibility index (Phi) is 4.75. The maximum Gasteiger partial charge on any atom is 0.224 e. The van der Waals surface area contributed by atoms with E-state index in [-0.39, 0.29) is 11.9 Å². The predicted molar refractivity (Wildman–Crippen MR) is 99.7 cm³/mol. The fraction of sp³-hybridized carbons (Fsp3) is 0.400. The molecule has 4 rings (SSSR count). The summed E-state index contributed by atoms with van der Waals surface area (Å²) >= 11 is 0. The molecule has 3 aromatic heterocycles. The first-order valence-corrected chi connectivity index (χ1v) is 9.28. The number of rotatable bonds is 5. The largest absolute Gasteiger partial charge is 0.361 e. The van der Waals surface area contributed by atoms with Gasteiger partial charge in [-0.15, -0.1) is 0 Å². The number of pyridine rings is 1. The van der Waals surface area contributed by atoms with Crippen molar-refractivity contribution < 1.29 is 9.32 Å². The van der Waals surface area contributed by atoms with E-state index in [1.807, 2.05) is 47.8 Å². The molecule has 1 fully saturated rings. The maximum absolute atomic E-state index is 12.7. The van der Waals surface area contributed by atoms with E-state index >= 15 is 0 Å². The molecule has 1 aliphatic heterocycles. The summed E-state index contributed by atoms with van der Waals surface area (Å²) in [7, 11) is 0. The van der Waals surface area contributed by atoms with Gasteiger partial charge in [-0.25, -0.2) is 4.98 Å². The Labute approximate surface area is 158 Å². The van der Waals surface area contributed by atoms with E-state index in [1.165, 1.54) is 0 Å². The monoisotopic (exact) mass is 365 g/mol. The Balaban J connectivity index is 1.47. The van der Waals surface area contributed by atoms with Gasteiger partial charge in [0.05, 0.1) is 23.8 Å². The first-order valence-electron chi connectivity index (χ1n) is 9.28. The molecule has 7 heteroatoms. The summed E-state index contributed by atoms with van der Waals surface area (Å²) in [6.45, 7) is 5.28. The van der Waals surface area contributed by atoms with Crippen LogP contribution in [0.2, 0.25) is 0 Å². The van der Waals surface area contributed by atoms with Gasteiger partial charge in [0, 0.05) is 49.2 Å². The van der Waals surface area contributed by atoms with Crippen LogP contribution in [0, 0.1) is 13.8 Å². The molecule has 1 amide bonds. The Morgan fingerprint density at radius 3 is 2.89 bits per heavy atom. The van der Waals surface area contributed by atoms with E-state index < -0.39 is 0 Å². The fourth-order valence-corrected chi connectivity index (χ4v) is 3.81. The van der Waals surface area contributed by atoms with Crippen molar-refractivity contribution >= 4 is 5.91 Å². The van der Waals surface area contributed by atoms with E-state index in [2.05, 4.69) is 15.1 Å². The molecule has 3 aromatic rings. The fourth-order valence-electron chi connectivity index (χ4n) is 3.81. The lowest BCUT2D eigenvalue weighted by Gasteiger charge is -2.24. The average Bonchev–Trinajstić information content (AvgIpc) is 3.42. The summed E-state index contributed by atoms with van der Waals surface area (Å²) in [6, 6.07) is 4.12. The number of imidazole rings is 1. The van der Waals surface area contributed by atoms with E-state index in [0.717, 1.165) is 47.7 Å². The molecule has 1 unspecified atom stereocenters. The van der Waals surface area contributed by atoms with Gasteiger partial charge in [0.15, 0.2) is 0 Å². The molecular weight excluding hydrogens is 342 g/mol. The first kappa shape index (κ1) is 17.5. The summed E-state index contributed by atoms with van der Waals surface area (Å²) in [6.07, 6.45) is 9.64. The number of carbonyl (C=O) groups excluding carboxylic acids is 1. The van der Waals surface area contributed by atoms with Gasteiger partial charge >= 0.3 is 0 Å². The molecule has 0 N–H and O–H groups in total. The lowest BCUT2D eigenvalue weighted by molar-refractivity contribution is -0.132. The average molecular weight is 365 g/mol. The molecule has 0 aliphatic carbocycles. The standard InChI is InChI=1S/C20H23N5O2/c1-14-20(15(2)27-23-14)16-5-6-17(22-12-16)18-4-3-9-25(18)19(26)7-10-24-11-8-21-13-24/h5-6,8,11-13,18H,3-4,7,9-10H2,1-2H3. The number of hydrogen-bond acceptors (Lipinski definition) is 5. The maximum atomic E-state index is 12.7. The third-order valence-electron chi connectivity index (χ3n) is 5.17. The van der Waals surface area contributed by atoms with Crippen LogP contribution >= 0.6 is 0 Å². The molecular formula is C20H23N5O2. The zero-order chi connectivity index (χ0) is 18.8. The minimum atomic E-state index is 0.0546. The Morgan fingerprint density at radius 2 is 2.22 bits per heavy atom. The number of carbonyl (C=O) groups is 1. The van der Waals surface area contributed by atoms with Crippen LogP contribution in [-0.4, -0.2) is 37.0 Å². The van der Waals surface area contributed by atoms with Crippen molar-refractivity contribution in [3.05, 3.63) is 54.2 Å². The predicted octanol–water partition coefficient (Wildman–Crippen LogP) is 3.30. The van der Waals surface area contributed by atoms with Crippen LogP contribution in [-0.2, 0) is 11.3 Å². The molecule has 140 valence electrons. The number of likely N-dealkylation sites (tertiary alicyclic amines) is 1. The lowest BCUT2D eigenvalue weighted by atomic mass is 10.0. The van der Waals surface area contributed by atoms with E-state index in [1.54, 1.807) is 12.5 Å². The van der Waals surface area contributed by atoms with Crippen molar-refractivity contribution in [1.29, 1.82) is 0 Å². The van der Waals surface area contributed by atoms with Gasteiger partial charge in [-0.2, -0.15) is 0 Å². The van der Waals surface area contributed by atoms with Gasteiger partial charge in [-0.3, -0.25) is 9.78 Å². The third-order valence-corrected chi connectivity index (χ3v) is 5.17. The molecule has 0 saturated carbocycles. The van der Waals surface area contributed by atoms with Crippen LogP contribution in [0.25, 0.3) is 11.1 Å². The Bertz CT molecular complexity index is 895. The highest BCUT2D eigenvalue weighted by Gasteiger charge is 2.30. The molecule has 27 heavy (non-hydrogen) atoms. The van der Waals surface area contributed by atoms with Crippen LogP contribution < -0.4 is 0 Å². The summed E-state index contributed by atoms with van der Waals surface area (Å²) in [5.74, 6) is 0.960. The second-order valence-corrected chi connectivity index (χ2v) is 6.97. The molecule has 0 aromatic carbocycles. The first-order chi connectivity index (χ1) is 13.1. The molecule has 1 atom stereocenters. The molecule has 4 heterocycles. The summed E-state index contributed by atoms with van der Waals surface area (Å²) in [5.41, 5.74) is 3.79. The third kappa shape index (κ3) is 3.49. The molecule has 0 radical (unpaired) electrons. The molecule has 0 spiro atoms. The number of aryl methyl sites for hydroxylation is 3. The van der Waals surface area contributed by atoms with E-state index in [9.17, 15) is 4.79 Å². The van der Waals surface area contributed by atoms with E-state index in [4.69, 9.17) is 4.52 Å². The number of hydrogen-bond donors (Lipinski definition) is 0. The van der Waals surface area contributed by atoms with E-state index in [0.29, 0.717) is 13.0 Å². The van der Waals surface area contributed by atoms with Crippen molar-refractivity contribution in [1.82, 2.24) is 24.6 Å². The summed E-state index contributed by atoms with van der Waals surface area (Å²) < 4.78 is 7.18. The van der Waals surface area contributed by atoms with Crippen LogP contribution in [0.15, 0.2) is 41.6 Å². The highest BCUT2D eigenvalue weighted by Crippen LogP contribution is 2.33. The van der Waals surface area contributed by atoms with Crippen LogP contribution in [0.4, 0.5) is 0 Å². The second-order valence-electron chi connectivity index (χ2n) is 6.97. The minimum absolute atomic E-state index is 0.0546. The van der Waals surface area contributed by atoms with Crippen molar-refractivity contribution in [3.63, 3.8) is 0 Å². The number of amides is 1. The van der Waals surface area contributed by atoms with Crippen molar-refractivity contribution in [2.45, 2.75) is 45.7 Å². The number of aromatic nitrogens is 4.